The average Bonchev–Trinajstić information content (AvgIpc) is 3.05. The summed E-state index contributed by atoms with van der Waals surface area (Å²) in [5.41, 5.74) is 0.0613. The number of carbonyl (C=O) groups is 2. The second-order valence-corrected chi connectivity index (χ2v) is 7.45. The molecule has 136 valence electrons. The van der Waals surface area contributed by atoms with Gasteiger partial charge in [-0.2, -0.15) is 0 Å². The quantitative estimate of drug-likeness (QED) is 0.857. The van der Waals surface area contributed by atoms with Crippen LogP contribution in [0.25, 0.3) is 0 Å². The van der Waals surface area contributed by atoms with E-state index in [2.05, 4.69) is 4.90 Å². The average molecular weight is 346 g/mol. The Kier molecular flexibility index (Phi) is 5.11. The van der Waals surface area contributed by atoms with Crippen LogP contribution < -0.4 is 0 Å². The van der Waals surface area contributed by atoms with E-state index in [1.54, 1.807) is 23.1 Å². The van der Waals surface area contributed by atoms with Crippen molar-refractivity contribution in [1.82, 2.24) is 9.80 Å². The van der Waals surface area contributed by atoms with E-state index < -0.39 is 11.6 Å². The van der Waals surface area contributed by atoms with E-state index in [9.17, 15) is 14.7 Å². The summed E-state index contributed by atoms with van der Waals surface area (Å²) in [4.78, 5) is 27.7. The largest absolute Gasteiger partial charge is 0.478 e. The number of benzene rings is 1. The fraction of sp³-hybridized carbons (Fsp3) is 0.579. The smallest absolute Gasteiger partial charge is 0.335 e. The van der Waals surface area contributed by atoms with Crippen molar-refractivity contribution in [3.05, 3.63) is 35.4 Å². The molecule has 6 heteroatoms. The third kappa shape index (κ3) is 4.02. The molecule has 3 rings (SSSR count). The number of carboxylic acid groups (broad SMARTS) is 1. The number of nitrogens with zero attached hydrogens (tertiary/aromatic N) is 2. The minimum Gasteiger partial charge on any atom is -0.478 e. The fourth-order valence-electron chi connectivity index (χ4n) is 3.85. The molecule has 2 heterocycles. The Balaban J connectivity index is 1.59. The first kappa shape index (κ1) is 17.9. The second kappa shape index (κ2) is 7.14. The lowest BCUT2D eigenvalue weighted by atomic mass is 9.90. The number of piperidine rings is 1. The van der Waals surface area contributed by atoms with Gasteiger partial charge in [0.25, 0.3) is 5.91 Å². The zero-order valence-electron chi connectivity index (χ0n) is 14.6. The minimum atomic E-state index is -1.22. The van der Waals surface area contributed by atoms with E-state index in [-0.39, 0.29) is 5.91 Å². The zero-order chi connectivity index (χ0) is 18.0. The first-order valence-corrected chi connectivity index (χ1v) is 8.90. The number of likely N-dealkylation sites (tertiary alicyclic amines) is 2. The Labute approximate surface area is 148 Å². The Hall–Kier alpha value is -1.92. The standard InChI is InChI=1S/C19H26N2O4/c1-20-9-6-19(25,7-10-20)18(24)21-8-5-15(13-21)11-14-3-2-4-16(12-14)17(22)23/h2-4,12,15,25H,5-11,13H2,1H3,(H,22,23). The molecule has 1 unspecified atom stereocenters. The van der Waals surface area contributed by atoms with Gasteiger partial charge in [0.1, 0.15) is 5.60 Å². The topological polar surface area (TPSA) is 81.1 Å². The van der Waals surface area contributed by atoms with Gasteiger partial charge in [-0.05, 0) is 56.3 Å². The lowest BCUT2D eigenvalue weighted by Gasteiger charge is -2.37. The van der Waals surface area contributed by atoms with Gasteiger partial charge in [-0.25, -0.2) is 4.79 Å². The fourth-order valence-corrected chi connectivity index (χ4v) is 3.85. The summed E-state index contributed by atoms with van der Waals surface area (Å²) in [6, 6.07) is 6.99. The zero-order valence-corrected chi connectivity index (χ0v) is 14.6. The highest BCUT2D eigenvalue weighted by Crippen LogP contribution is 2.28. The lowest BCUT2D eigenvalue weighted by Crippen LogP contribution is -2.53. The molecular formula is C19H26N2O4. The number of carboxylic acids is 1. The van der Waals surface area contributed by atoms with Crippen LogP contribution in [0.1, 0.15) is 35.2 Å². The van der Waals surface area contributed by atoms with Crippen molar-refractivity contribution >= 4 is 11.9 Å². The Morgan fingerprint density at radius 1 is 1.24 bits per heavy atom. The third-order valence-corrected chi connectivity index (χ3v) is 5.48. The van der Waals surface area contributed by atoms with Crippen LogP contribution in [0.2, 0.25) is 0 Å². The van der Waals surface area contributed by atoms with Gasteiger partial charge in [-0.15, -0.1) is 0 Å². The van der Waals surface area contributed by atoms with Crippen molar-refractivity contribution in [2.75, 3.05) is 33.2 Å². The minimum absolute atomic E-state index is 0.137. The van der Waals surface area contributed by atoms with Crippen LogP contribution in [0.4, 0.5) is 0 Å². The molecule has 2 aliphatic heterocycles. The van der Waals surface area contributed by atoms with Gasteiger partial charge in [0, 0.05) is 26.2 Å². The van der Waals surface area contributed by atoms with Crippen molar-refractivity contribution in [3.8, 4) is 0 Å². The Morgan fingerprint density at radius 3 is 2.64 bits per heavy atom. The molecule has 25 heavy (non-hydrogen) atoms. The molecular weight excluding hydrogens is 320 g/mol. The number of aliphatic hydroxyl groups is 1. The summed E-state index contributed by atoms with van der Waals surface area (Å²) in [6.07, 6.45) is 2.62. The summed E-state index contributed by atoms with van der Waals surface area (Å²) in [7, 11) is 2.00. The number of hydrogen-bond donors (Lipinski definition) is 2. The van der Waals surface area contributed by atoms with Crippen LogP contribution in [0.5, 0.6) is 0 Å². The Morgan fingerprint density at radius 2 is 1.96 bits per heavy atom. The van der Waals surface area contributed by atoms with Crippen LogP contribution in [0.3, 0.4) is 0 Å². The van der Waals surface area contributed by atoms with E-state index in [1.165, 1.54) is 0 Å². The molecule has 0 bridgehead atoms. The van der Waals surface area contributed by atoms with Gasteiger partial charge >= 0.3 is 5.97 Å². The van der Waals surface area contributed by atoms with Gasteiger partial charge < -0.3 is 20.0 Å². The van der Waals surface area contributed by atoms with Crippen molar-refractivity contribution in [2.24, 2.45) is 5.92 Å². The van der Waals surface area contributed by atoms with E-state index in [0.717, 1.165) is 31.5 Å². The highest BCUT2D eigenvalue weighted by molar-refractivity contribution is 5.87. The molecule has 1 aromatic carbocycles. The van der Waals surface area contributed by atoms with E-state index in [1.807, 2.05) is 13.1 Å². The molecule has 1 amide bonds. The first-order chi connectivity index (χ1) is 11.9. The highest BCUT2D eigenvalue weighted by Gasteiger charge is 2.43. The summed E-state index contributed by atoms with van der Waals surface area (Å²) < 4.78 is 0. The lowest BCUT2D eigenvalue weighted by molar-refractivity contribution is -0.155. The molecule has 0 saturated carbocycles. The van der Waals surface area contributed by atoms with Crippen LogP contribution in [0, 0.1) is 5.92 Å². The maximum Gasteiger partial charge on any atom is 0.335 e. The molecule has 0 aromatic heterocycles. The van der Waals surface area contributed by atoms with Crippen molar-refractivity contribution in [2.45, 2.75) is 31.3 Å². The molecule has 0 spiro atoms. The van der Waals surface area contributed by atoms with Gasteiger partial charge in [0.05, 0.1) is 5.56 Å². The van der Waals surface area contributed by atoms with Gasteiger partial charge in [0.15, 0.2) is 0 Å². The van der Waals surface area contributed by atoms with Crippen LogP contribution in [0.15, 0.2) is 24.3 Å². The number of amides is 1. The number of rotatable bonds is 4. The van der Waals surface area contributed by atoms with E-state index >= 15 is 0 Å². The van der Waals surface area contributed by atoms with Gasteiger partial charge in [-0.1, -0.05) is 12.1 Å². The highest BCUT2D eigenvalue weighted by atomic mass is 16.4. The summed E-state index contributed by atoms with van der Waals surface area (Å²) in [5, 5.41) is 19.8. The summed E-state index contributed by atoms with van der Waals surface area (Å²) in [6.45, 7) is 2.78. The molecule has 2 N–H and O–H groups in total. The second-order valence-electron chi connectivity index (χ2n) is 7.45. The third-order valence-electron chi connectivity index (χ3n) is 5.48. The maximum absolute atomic E-state index is 12.7. The summed E-state index contributed by atoms with van der Waals surface area (Å²) >= 11 is 0. The number of carbonyl (C=O) groups excluding carboxylic acids is 1. The SMILES string of the molecule is CN1CCC(O)(C(=O)N2CCC(Cc3cccc(C(=O)O)c3)C2)CC1. The van der Waals surface area contributed by atoms with Gasteiger partial charge in [0.2, 0.25) is 0 Å². The number of aromatic carboxylic acids is 1. The van der Waals surface area contributed by atoms with Crippen molar-refractivity contribution < 1.29 is 19.8 Å². The predicted molar refractivity (Wildman–Crippen MR) is 93.5 cm³/mol. The molecule has 2 saturated heterocycles. The molecule has 2 fully saturated rings. The Bertz CT molecular complexity index is 653. The summed E-state index contributed by atoms with van der Waals surface area (Å²) in [5.74, 6) is -0.750. The molecule has 2 aliphatic rings. The molecule has 1 atom stereocenters. The molecule has 0 aliphatic carbocycles. The van der Waals surface area contributed by atoms with Crippen LogP contribution in [-0.4, -0.2) is 70.7 Å². The van der Waals surface area contributed by atoms with E-state index in [4.69, 9.17) is 5.11 Å². The van der Waals surface area contributed by atoms with E-state index in [0.29, 0.717) is 37.4 Å². The van der Waals surface area contributed by atoms with Gasteiger partial charge in [-0.3, -0.25) is 4.79 Å². The van der Waals surface area contributed by atoms with Crippen LogP contribution in [-0.2, 0) is 11.2 Å². The van der Waals surface area contributed by atoms with Crippen LogP contribution >= 0.6 is 0 Å². The molecule has 0 radical (unpaired) electrons. The predicted octanol–water partition coefficient (Wildman–Crippen LogP) is 1.23. The number of hydrogen-bond acceptors (Lipinski definition) is 4. The monoisotopic (exact) mass is 346 g/mol. The molecule has 1 aromatic rings. The molecule has 6 nitrogen and oxygen atoms in total. The first-order valence-electron chi connectivity index (χ1n) is 8.90. The maximum atomic E-state index is 12.7. The normalized spacial score (nSPS) is 23.6. The van der Waals surface area contributed by atoms with Crippen molar-refractivity contribution in [1.29, 1.82) is 0 Å². The van der Waals surface area contributed by atoms with Crippen molar-refractivity contribution in [3.63, 3.8) is 0 Å².